The van der Waals surface area contributed by atoms with Gasteiger partial charge in [0.25, 0.3) is 0 Å². The number of carboxylic acids is 1. The van der Waals surface area contributed by atoms with Crippen molar-refractivity contribution in [2.75, 3.05) is 6.61 Å². The lowest BCUT2D eigenvalue weighted by molar-refractivity contribution is -0.157. The molecule has 3 rings (SSSR count). The Morgan fingerprint density at radius 1 is 1.33 bits per heavy atom. The molecule has 3 nitrogen and oxygen atoms in total. The van der Waals surface area contributed by atoms with Crippen LogP contribution in [0.4, 0.5) is 0 Å². The van der Waals surface area contributed by atoms with Crippen LogP contribution in [0.15, 0.2) is 18.2 Å². The molecule has 0 radical (unpaired) electrons. The zero-order chi connectivity index (χ0) is 17.4. The summed E-state index contributed by atoms with van der Waals surface area (Å²) in [5, 5.41) is 9.87. The highest BCUT2D eigenvalue weighted by Crippen LogP contribution is 2.57. The third kappa shape index (κ3) is 2.72. The Labute approximate surface area is 145 Å². The van der Waals surface area contributed by atoms with E-state index in [1.165, 1.54) is 11.1 Å². The highest BCUT2D eigenvalue weighted by Gasteiger charge is 2.55. The lowest BCUT2D eigenvalue weighted by Crippen LogP contribution is -2.52. The summed E-state index contributed by atoms with van der Waals surface area (Å²) < 4.78 is 5.92. The molecule has 1 aromatic carbocycles. The van der Waals surface area contributed by atoms with Crippen molar-refractivity contribution in [3.05, 3.63) is 29.3 Å². The van der Waals surface area contributed by atoms with Gasteiger partial charge in [-0.1, -0.05) is 32.8 Å². The van der Waals surface area contributed by atoms with Crippen LogP contribution < -0.4 is 4.74 Å². The molecule has 0 aromatic heterocycles. The number of hydrogen-bond acceptors (Lipinski definition) is 2. The average molecular weight is 330 g/mol. The molecule has 1 N–H and O–H groups in total. The summed E-state index contributed by atoms with van der Waals surface area (Å²) in [7, 11) is 0. The maximum absolute atomic E-state index is 12.0. The molecule has 0 amide bonds. The molecule has 2 aliphatic rings. The van der Waals surface area contributed by atoms with Crippen molar-refractivity contribution in [2.45, 2.75) is 71.1 Å². The molecule has 1 fully saturated rings. The summed E-state index contributed by atoms with van der Waals surface area (Å²) in [6.45, 7) is 7.16. The fourth-order valence-electron chi connectivity index (χ4n) is 5.12. The molecule has 0 unspecified atom stereocenters. The zero-order valence-corrected chi connectivity index (χ0v) is 15.2. The van der Waals surface area contributed by atoms with E-state index < -0.39 is 11.4 Å². The van der Waals surface area contributed by atoms with Gasteiger partial charge >= 0.3 is 5.97 Å². The van der Waals surface area contributed by atoms with E-state index in [2.05, 4.69) is 32.0 Å². The van der Waals surface area contributed by atoms with E-state index in [4.69, 9.17) is 4.74 Å². The third-order valence-corrected chi connectivity index (χ3v) is 6.58. The Morgan fingerprint density at radius 3 is 2.83 bits per heavy atom. The fourth-order valence-corrected chi connectivity index (χ4v) is 5.12. The minimum absolute atomic E-state index is 0.0525. The van der Waals surface area contributed by atoms with E-state index in [0.29, 0.717) is 0 Å². The number of rotatable bonds is 5. The van der Waals surface area contributed by atoms with Crippen molar-refractivity contribution in [1.82, 2.24) is 0 Å². The SMILES string of the molecule is CCCCOc1ccc2c(c1)[C@@]1(C)CCC[C@](C)(C(=O)O)[C@@H]1CC2. The van der Waals surface area contributed by atoms with E-state index in [9.17, 15) is 9.90 Å². The number of fused-ring (bicyclic) bond motifs is 3. The molecule has 0 aliphatic heterocycles. The molecule has 24 heavy (non-hydrogen) atoms. The standard InChI is InChI=1S/C21H30O3/c1-4-5-13-24-16-9-7-15-8-10-18-20(2,17(15)14-16)11-6-12-21(18,3)19(22)23/h7,9,14,18H,4-6,8,10-13H2,1-3H3,(H,22,23)/t18-,20-,21+/m1/s1. The topological polar surface area (TPSA) is 46.5 Å². The van der Waals surface area contributed by atoms with Gasteiger partial charge in [0, 0.05) is 0 Å². The van der Waals surface area contributed by atoms with Crippen LogP contribution in [0.2, 0.25) is 0 Å². The largest absolute Gasteiger partial charge is 0.494 e. The molecule has 3 atom stereocenters. The second-order valence-electron chi connectivity index (χ2n) is 8.11. The van der Waals surface area contributed by atoms with E-state index in [0.717, 1.165) is 57.3 Å². The Morgan fingerprint density at radius 2 is 2.12 bits per heavy atom. The van der Waals surface area contributed by atoms with Crippen LogP contribution in [-0.4, -0.2) is 17.7 Å². The Bertz CT molecular complexity index is 624. The van der Waals surface area contributed by atoms with Crippen LogP contribution >= 0.6 is 0 Å². The lowest BCUT2D eigenvalue weighted by atomic mass is 9.50. The average Bonchev–Trinajstić information content (AvgIpc) is 2.55. The van der Waals surface area contributed by atoms with E-state index in [-0.39, 0.29) is 11.3 Å². The van der Waals surface area contributed by atoms with E-state index in [1.54, 1.807) is 0 Å². The second kappa shape index (κ2) is 6.42. The molecule has 132 valence electrons. The normalized spacial score (nSPS) is 31.9. The van der Waals surface area contributed by atoms with Crippen molar-refractivity contribution in [1.29, 1.82) is 0 Å². The first-order valence-electron chi connectivity index (χ1n) is 9.41. The van der Waals surface area contributed by atoms with Gasteiger partial charge in [0.05, 0.1) is 12.0 Å². The maximum Gasteiger partial charge on any atom is 0.309 e. The number of benzene rings is 1. The van der Waals surface area contributed by atoms with Crippen molar-refractivity contribution >= 4 is 5.97 Å². The molecular weight excluding hydrogens is 300 g/mol. The van der Waals surface area contributed by atoms with Gasteiger partial charge < -0.3 is 9.84 Å². The van der Waals surface area contributed by atoms with Crippen molar-refractivity contribution in [2.24, 2.45) is 11.3 Å². The number of carbonyl (C=O) groups is 1. The Balaban J connectivity index is 1.96. The lowest BCUT2D eigenvalue weighted by Gasteiger charge is -2.53. The minimum atomic E-state index is -0.628. The number of aliphatic carboxylic acids is 1. The van der Waals surface area contributed by atoms with E-state index in [1.807, 2.05) is 6.92 Å². The van der Waals surface area contributed by atoms with Crippen molar-refractivity contribution < 1.29 is 14.6 Å². The van der Waals surface area contributed by atoms with Gasteiger partial charge in [-0.3, -0.25) is 4.79 Å². The fraction of sp³-hybridized carbons (Fsp3) is 0.667. The van der Waals surface area contributed by atoms with Gasteiger partial charge in [-0.2, -0.15) is 0 Å². The van der Waals surface area contributed by atoms with Crippen molar-refractivity contribution in [3.63, 3.8) is 0 Å². The van der Waals surface area contributed by atoms with Gasteiger partial charge in [0.1, 0.15) is 5.75 Å². The van der Waals surface area contributed by atoms with Gasteiger partial charge in [-0.05, 0) is 73.6 Å². The van der Waals surface area contributed by atoms with Crippen LogP contribution in [0.3, 0.4) is 0 Å². The van der Waals surface area contributed by atoms with Gasteiger partial charge in [0.15, 0.2) is 0 Å². The smallest absolute Gasteiger partial charge is 0.309 e. The van der Waals surface area contributed by atoms with Crippen LogP contribution in [0.25, 0.3) is 0 Å². The molecule has 1 aromatic rings. The van der Waals surface area contributed by atoms with Crippen LogP contribution in [-0.2, 0) is 16.6 Å². The monoisotopic (exact) mass is 330 g/mol. The quantitative estimate of drug-likeness (QED) is 0.776. The van der Waals surface area contributed by atoms with Gasteiger partial charge in [0.2, 0.25) is 0 Å². The summed E-state index contributed by atoms with van der Waals surface area (Å²) in [5.41, 5.74) is 2.05. The number of hydrogen-bond donors (Lipinski definition) is 1. The zero-order valence-electron chi connectivity index (χ0n) is 15.2. The molecular formula is C21H30O3. The van der Waals surface area contributed by atoms with Crippen molar-refractivity contribution in [3.8, 4) is 5.75 Å². The third-order valence-electron chi connectivity index (χ3n) is 6.58. The highest BCUT2D eigenvalue weighted by atomic mass is 16.5. The minimum Gasteiger partial charge on any atom is -0.494 e. The second-order valence-corrected chi connectivity index (χ2v) is 8.11. The Hall–Kier alpha value is -1.51. The first kappa shape index (κ1) is 17.3. The van der Waals surface area contributed by atoms with Gasteiger partial charge in [-0.15, -0.1) is 0 Å². The molecule has 3 heteroatoms. The van der Waals surface area contributed by atoms with E-state index >= 15 is 0 Å². The highest BCUT2D eigenvalue weighted by molar-refractivity contribution is 5.75. The summed E-state index contributed by atoms with van der Waals surface area (Å²) in [4.78, 5) is 12.0. The van der Waals surface area contributed by atoms with Crippen LogP contribution in [0.5, 0.6) is 5.75 Å². The molecule has 0 heterocycles. The Kier molecular flexibility index (Phi) is 4.63. The number of carboxylic acid groups (broad SMARTS) is 1. The number of aryl methyl sites for hydroxylation is 1. The predicted molar refractivity (Wildman–Crippen MR) is 95.6 cm³/mol. The summed E-state index contributed by atoms with van der Waals surface area (Å²) in [6.07, 6.45) is 7.00. The predicted octanol–water partition coefficient (Wildman–Crippen LogP) is 4.96. The molecule has 0 saturated heterocycles. The number of unbranched alkanes of at least 4 members (excludes halogenated alkanes) is 1. The molecule has 2 aliphatic carbocycles. The van der Waals surface area contributed by atoms with Crippen LogP contribution in [0, 0.1) is 11.3 Å². The van der Waals surface area contributed by atoms with Gasteiger partial charge in [-0.25, -0.2) is 0 Å². The first-order valence-corrected chi connectivity index (χ1v) is 9.41. The molecule has 1 saturated carbocycles. The molecule has 0 bridgehead atoms. The molecule has 0 spiro atoms. The number of ether oxygens (including phenoxy) is 1. The summed E-state index contributed by atoms with van der Waals surface area (Å²) in [6, 6.07) is 6.48. The maximum atomic E-state index is 12.0. The summed E-state index contributed by atoms with van der Waals surface area (Å²) >= 11 is 0. The van der Waals surface area contributed by atoms with Crippen LogP contribution in [0.1, 0.15) is 70.4 Å². The summed E-state index contributed by atoms with van der Waals surface area (Å²) in [5.74, 6) is 0.513. The first-order chi connectivity index (χ1) is 11.4.